The highest BCUT2D eigenvalue weighted by atomic mass is 16.3. The quantitative estimate of drug-likeness (QED) is 0.130. The molecule has 0 atom stereocenters. The first-order valence-corrected chi connectivity index (χ1v) is 36.5. The van der Waals surface area contributed by atoms with Crippen LogP contribution in [0.1, 0.15) is 0 Å². The molecule has 0 spiro atoms. The van der Waals surface area contributed by atoms with Gasteiger partial charge in [-0.2, -0.15) is 0 Å². The zero-order valence-corrected chi connectivity index (χ0v) is 57.9. The molecular formula is C100H62N6O. The van der Waals surface area contributed by atoms with Crippen molar-refractivity contribution in [3.05, 3.63) is 376 Å². The number of furan rings is 1. The first-order valence-electron chi connectivity index (χ1n) is 36.5. The van der Waals surface area contributed by atoms with Gasteiger partial charge in [0, 0.05) is 93.3 Å². The summed E-state index contributed by atoms with van der Waals surface area (Å²) in [5, 5.41) is 11.9. The van der Waals surface area contributed by atoms with Crippen molar-refractivity contribution < 1.29 is 4.42 Å². The lowest BCUT2D eigenvalue weighted by Crippen LogP contribution is -2.02. The third-order valence-corrected chi connectivity index (χ3v) is 22.0. The Morgan fingerprint density at radius 3 is 0.972 bits per heavy atom. The molecule has 0 aliphatic carbocycles. The van der Waals surface area contributed by atoms with Gasteiger partial charge in [0.1, 0.15) is 11.2 Å². The highest BCUT2D eigenvalue weighted by Crippen LogP contribution is 2.44. The number of aromatic nitrogens is 6. The van der Waals surface area contributed by atoms with E-state index in [1.54, 1.807) is 0 Å². The minimum atomic E-state index is 0.646. The minimum Gasteiger partial charge on any atom is -0.456 e. The molecule has 0 saturated heterocycles. The van der Waals surface area contributed by atoms with E-state index in [4.69, 9.17) is 14.4 Å². The molecule has 6 heterocycles. The number of fused-ring (bicyclic) bond motifs is 15. The van der Waals surface area contributed by atoms with E-state index < -0.39 is 0 Å². The van der Waals surface area contributed by atoms with E-state index in [9.17, 15) is 0 Å². The van der Waals surface area contributed by atoms with Gasteiger partial charge in [-0.05, 0) is 172 Å². The highest BCUT2D eigenvalue weighted by molar-refractivity contribution is 6.15. The van der Waals surface area contributed by atoms with Gasteiger partial charge in [-0.25, -0.2) is 9.97 Å². The summed E-state index contributed by atoms with van der Waals surface area (Å²) in [5.74, 6) is 0.646. The summed E-state index contributed by atoms with van der Waals surface area (Å²) in [5.41, 5.74) is 29.2. The monoisotopic (exact) mass is 1360 g/mol. The summed E-state index contributed by atoms with van der Waals surface area (Å²) in [4.78, 5) is 10.8. The van der Waals surface area contributed by atoms with Crippen LogP contribution in [-0.4, -0.2) is 28.2 Å². The van der Waals surface area contributed by atoms with Gasteiger partial charge in [-0.3, -0.25) is 0 Å². The van der Waals surface area contributed by atoms with E-state index >= 15 is 0 Å². The molecule has 7 nitrogen and oxygen atoms in total. The van der Waals surface area contributed by atoms with Gasteiger partial charge in [0.05, 0.1) is 55.5 Å². The average Bonchev–Trinajstić information content (AvgIpc) is 1.59. The van der Waals surface area contributed by atoms with Gasteiger partial charge in [0.15, 0.2) is 5.82 Å². The Balaban J connectivity index is 0.593. The third kappa shape index (κ3) is 9.82. The van der Waals surface area contributed by atoms with Crippen LogP contribution >= 0.6 is 0 Å². The van der Waals surface area contributed by atoms with Gasteiger partial charge in [-0.15, -0.1) is 0 Å². The van der Waals surface area contributed by atoms with Crippen molar-refractivity contribution in [3.8, 4) is 101 Å². The molecule has 0 saturated carbocycles. The van der Waals surface area contributed by atoms with Crippen LogP contribution in [0.4, 0.5) is 0 Å². The fourth-order valence-electron chi connectivity index (χ4n) is 16.9. The van der Waals surface area contributed by atoms with Crippen LogP contribution in [0.3, 0.4) is 0 Å². The predicted molar refractivity (Wildman–Crippen MR) is 445 cm³/mol. The third-order valence-electron chi connectivity index (χ3n) is 22.0. The first kappa shape index (κ1) is 60.2. The maximum absolute atomic E-state index is 6.16. The SMILES string of the molecule is c1ccc(-c2cc(-c3ccccc3)nc(-c3cc(-n4c5ccccc5c5ccccc54)cc(-n4c5ccccc5c5ccc(-c6ccc(-c7ccc(-n8c9ccccc9c9cc(-c%10ccc%11c(c%10)c%10ccccc%10n%11-c%10ccc(-c%11ccc%12oc%13ccccc%13c%12c%11)cc%10)ccc98)cc7)cc6)cc54)c3)n2)cc1. The molecule has 0 radical (unpaired) electrons. The van der Waals surface area contributed by atoms with E-state index in [0.717, 1.165) is 128 Å². The van der Waals surface area contributed by atoms with Crippen LogP contribution < -0.4 is 0 Å². The second kappa shape index (κ2) is 24.1. The molecule has 22 aromatic rings. The normalized spacial score (nSPS) is 11.9. The largest absolute Gasteiger partial charge is 0.456 e. The second-order valence-corrected chi connectivity index (χ2v) is 28.0. The van der Waals surface area contributed by atoms with E-state index in [2.05, 4.69) is 370 Å². The van der Waals surface area contributed by atoms with E-state index in [1.807, 2.05) is 24.3 Å². The molecule has 7 heteroatoms. The number of hydrogen-bond donors (Lipinski definition) is 0. The summed E-state index contributed by atoms with van der Waals surface area (Å²) >= 11 is 0. The number of para-hydroxylation sites is 6. The molecule has 0 fully saturated rings. The zero-order valence-electron chi connectivity index (χ0n) is 57.9. The number of rotatable bonds is 11. The molecule has 0 bridgehead atoms. The Morgan fingerprint density at radius 2 is 0.486 bits per heavy atom. The Kier molecular flexibility index (Phi) is 13.6. The van der Waals surface area contributed by atoms with Crippen molar-refractivity contribution in [2.45, 2.75) is 0 Å². The maximum atomic E-state index is 6.16. The first-order chi connectivity index (χ1) is 53.0. The molecule has 0 aliphatic heterocycles. The molecule has 0 N–H and O–H groups in total. The topological polar surface area (TPSA) is 58.6 Å². The molecule has 6 aromatic heterocycles. The molecule has 0 aliphatic rings. The minimum absolute atomic E-state index is 0.646. The van der Waals surface area contributed by atoms with Crippen LogP contribution in [0.5, 0.6) is 0 Å². The lowest BCUT2D eigenvalue weighted by atomic mass is 9.99. The van der Waals surface area contributed by atoms with E-state index in [-0.39, 0.29) is 0 Å². The van der Waals surface area contributed by atoms with Gasteiger partial charge >= 0.3 is 0 Å². The van der Waals surface area contributed by atoms with Gasteiger partial charge in [-0.1, -0.05) is 249 Å². The van der Waals surface area contributed by atoms with Crippen molar-refractivity contribution in [1.82, 2.24) is 28.2 Å². The van der Waals surface area contributed by atoms with E-state index in [1.165, 1.54) is 76.3 Å². The van der Waals surface area contributed by atoms with Gasteiger partial charge < -0.3 is 22.7 Å². The van der Waals surface area contributed by atoms with E-state index in [0.29, 0.717) is 5.82 Å². The molecule has 107 heavy (non-hydrogen) atoms. The van der Waals surface area contributed by atoms with Crippen molar-refractivity contribution in [2.75, 3.05) is 0 Å². The molecule has 22 rings (SSSR count). The van der Waals surface area contributed by atoms with Crippen molar-refractivity contribution >= 4 is 109 Å². The van der Waals surface area contributed by atoms with Crippen LogP contribution in [0.2, 0.25) is 0 Å². The Morgan fingerprint density at radius 1 is 0.168 bits per heavy atom. The maximum Gasteiger partial charge on any atom is 0.160 e. The highest BCUT2D eigenvalue weighted by Gasteiger charge is 2.23. The van der Waals surface area contributed by atoms with Crippen molar-refractivity contribution in [1.29, 1.82) is 0 Å². The smallest absolute Gasteiger partial charge is 0.160 e. The molecular weight excluding hydrogens is 1300 g/mol. The Bertz CT molecular complexity index is 7230. The number of hydrogen-bond acceptors (Lipinski definition) is 3. The van der Waals surface area contributed by atoms with Crippen molar-refractivity contribution in [2.24, 2.45) is 0 Å². The summed E-state index contributed by atoms with van der Waals surface area (Å²) in [6, 6.07) is 136. The van der Waals surface area contributed by atoms with Crippen LogP contribution in [0, 0.1) is 0 Å². The molecule has 16 aromatic carbocycles. The molecule has 0 amide bonds. The summed E-state index contributed by atoms with van der Waals surface area (Å²) < 4.78 is 15.8. The van der Waals surface area contributed by atoms with Crippen molar-refractivity contribution in [3.63, 3.8) is 0 Å². The zero-order chi connectivity index (χ0) is 70.2. The Hall–Kier alpha value is -14.4. The second-order valence-electron chi connectivity index (χ2n) is 28.0. The van der Waals surface area contributed by atoms with Crippen LogP contribution in [0.15, 0.2) is 381 Å². The lowest BCUT2D eigenvalue weighted by molar-refractivity contribution is 0.669. The number of nitrogens with zero attached hydrogens (tertiary/aromatic N) is 6. The fraction of sp³-hybridized carbons (Fsp3) is 0. The standard InChI is InChI=1S/C100H62N6O/c1-3-19-67(20-4-1)88-62-89(68-21-5-2-6-22-68)102-100(101-88)73-55-76(105-90-29-13-7-23-78(90)79-24-8-14-30-91(79)105)61-77(56-73)106-92-31-15-9-25-80(92)83-51-43-72(60-97(83)106)65-37-35-63(36-38-65)64-39-47-74(48-40-64)103-93-32-16-10-26-81(93)85-57-70(44-52-95(85)103)71-45-53-96-86(58-71)82-27-11-17-33-94(82)104(96)75-49-41-66(42-50-75)69-46-54-99-87(59-69)84-28-12-18-34-98(84)107-99/h1-62H. The summed E-state index contributed by atoms with van der Waals surface area (Å²) in [7, 11) is 0. The number of benzene rings is 16. The lowest BCUT2D eigenvalue weighted by Gasteiger charge is -2.16. The van der Waals surface area contributed by atoms with Crippen LogP contribution in [0.25, 0.3) is 210 Å². The molecule has 0 unspecified atom stereocenters. The molecule has 498 valence electrons. The van der Waals surface area contributed by atoms with Gasteiger partial charge in [0.2, 0.25) is 0 Å². The van der Waals surface area contributed by atoms with Gasteiger partial charge in [0.25, 0.3) is 0 Å². The summed E-state index contributed by atoms with van der Waals surface area (Å²) in [6.07, 6.45) is 0. The summed E-state index contributed by atoms with van der Waals surface area (Å²) in [6.45, 7) is 0. The van der Waals surface area contributed by atoms with Crippen LogP contribution in [-0.2, 0) is 0 Å². The average molecular weight is 1360 g/mol. The predicted octanol–water partition coefficient (Wildman–Crippen LogP) is 26.4. The fourth-order valence-corrected chi connectivity index (χ4v) is 16.9. The Labute approximate surface area is 615 Å².